The Balaban J connectivity index is 1.69. The van der Waals surface area contributed by atoms with Crippen molar-refractivity contribution in [2.24, 2.45) is 5.92 Å². The lowest BCUT2D eigenvalue weighted by Crippen LogP contribution is -2.28. The Morgan fingerprint density at radius 3 is 2.68 bits per heavy atom. The van der Waals surface area contributed by atoms with Gasteiger partial charge in [0.2, 0.25) is 6.41 Å². The lowest BCUT2D eigenvalue weighted by molar-refractivity contribution is -0.136. The maximum Gasteiger partial charge on any atom is 0.307 e. The van der Waals surface area contributed by atoms with Crippen molar-refractivity contribution in [3.63, 3.8) is 0 Å². The molecule has 6 heteroatoms. The molecule has 31 heavy (non-hydrogen) atoms. The van der Waals surface area contributed by atoms with Crippen LogP contribution in [0.2, 0.25) is 0 Å². The molecule has 1 aliphatic rings. The van der Waals surface area contributed by atoms with Crippen LogP contribution in [0.25, 0.3) is 11.1 Å². The van der Waals surface area contributed by atoms with Gasteiger partial charge in [0, 0.05) is 18.5 Å². The van der Waals surface area contributed by atoms with Crippen LogP contribution >= 0.6 is 0 Å². The van der Waals surface area contributed by atoms with Crippen molar-refractivity contribution >= 4 is 18.2 Å². The van der Waals surface area contributed by atoms with Gasteiger partial charge >= 0.3 is 5.97 Å². The summed E-state index contributed by atoms with van der Waals surface area (Å²) in [5.41, 5.74) is 3.82. The molecule has 3 rings (SSSR count). The second kappa shape index (κ2) is 10.8. The van der Waals surface area contributed by atoms with E-state index < -0.39 is 5.97 Å². The largest absolute Gasteiger partial charge is 0.493 e. The molecule has 1 fully saturated rings. The van der Waals surface area contributed by atoms with E-state index in [2.05, 4.69) is 12.1 Å². The Kier molecular flexibility index (Phi) is 7.82. The molecule has 0 radical (unpaired) electrons. The van der Waals surface area contributed by atoms with E-state index >= 15 is 0 Å². The minimum absolute atomic E-state index is 0.0691. The predicted octanol–water partition coefficient (Wildman–Crippen LogP) is 4.55. The second-order valence-corrected chi connectivity index (χ2v) is 8.04. The number of amides is 1. The first kappa shape index (κ1) is 22.5. The molecule has 164 valence electrons. The number of hydrogen-bond donors (Lipinski definition) is 2. The highest BCUT2D eigenvalue weighted by molar-refractivity contribution is 5.88. The van der Waals surface area contributed by atoms with Crippen molar-refractivity contribution in [3.05, 3.63) is 53.6 Å². The Labute approximate surface area is 183 Å². The van der Waals surface area contributed by atoms with E-state index in [4.69, 9.17) is 10.1 Å². The van der Waals surface area contributed by atoms with E-state index in [1.807, 2.05) is 37.3 Å². The molecular weight excluding hydrogens is 392 g/mol. The summed E-state index contributed by atoms with van der Waals surface area (Å²) in [6.07, 6.45) is 5.14. The number of hydrogen-bond acceptors (Lipinski definition) is 4. The van der Waals surface area contributed by atoms with Crippen LogP contribution < -0.4 is 4.74 Å². The quantitative estimate of drug-likeness (QED) is 0.298. The van der Waals surface area contributed by atoms with E-state index in [0.29, 0.717) is 49.0 Å². The summed E-state index contributed by atoms with van der Waals surface area (Å²) in [4.78, 5) is 23.7. The summed E-state index contributed by atoms with van der Waals surface area (Å²) in [7, 11) is 0. The molecule has 1 aliphatic carbocycles. The SMILES string of the molecule is CCN(C=O)C(=N)CCCc1cccc(-c2ccc(OCC3CC3)c(CC(=O)O)c2)c1. The number of carbonyl (C=O) groups is 2. The van der Waals surface area contributed by atoms with Gasteiger partial charge in [0.15, 0.2) is 0 Å². The molecule has 0 unspecified atom stereocenters. The van der Waals surface area contributed by atoms with Crippen molar-refractivity contribution in [1.82, 2.24) is 4.90 Å². The molecule has 0 aliphatic heterocycles. The minimum atomic E-state index is -0.874. The summed E-state index contributed by atoms with van der Waals surface area (Å²) in [6.45, 7) is 3.01. The first-order valence-corrected chi connectivity index (χ1v) is 10.9. The highest BCUT2D eigenvalue weighted by Crippen LogP contribution is 2.32. The van der Waals surface area contributed by atoms with Crippen LogP contribution in [0.5, 0.6) is 5.75 Å². The number of carboxylic acids is 1. The molecule has 0 saturated heterocycles. The minimum Gasteiger partial charge on any atom is -0.493 e. The van der Waals surface area contributed by atoms with Crippen LogP contribution in [0, 0.1) is 11.3 Å². The first-order valence-electron chi connectivity index (χ1n) is 10.9. The second-order valence-electron chi connectivity index (χ2n) is 8.04. The van der Waals surface area contributed by atoms with Gasteiger partial charge in [-0.2, -0.15) is 0 Å². The molecule has 0 heterocycles. The summed E-state index contributed by atoms with van der Waals surface area (Å²) in [5.74, 6) is 0.727. The number of aliphatic carboxylic acids is 1. The summed E-state index contributed by atoms with van der Waals surface area (Å²) in [6, 6.07) is 13.9. The Hall–Kier alpha value is -3.15. The van der Waals surface area contributed by atoms with E-state index in [1.165, 1.54) is 17.7 Å². The number of carboxylic acid groups (broad SMARTS) is 1. The number of amidine groups is 1. The zero-order valence-electron chi connectivity index (χ0n) is 18.0. The molecule has 2 N–H and O–H groups in total. The van der Waals surface area contributed by atoms with Gasteiger partial charge in [-0.3, -0.25) is 15.0 Å². The molecule has 0 atom stereocenters. The molecule has 0 spiro atoms. The van der Waals surface area contributed by atoms with Crippen LogP contribution in [0.4, 0.5) is 0 Å². The summed E-state index contributed by atoms with van der Waals surface area (Å²) >= 11 is 0. The van der Waals surface area contributed by atoms with Crippen LogP contribution in [-0.2, 0) is 22.4 Å². The fourth-order valence-electron chi connectivity index (χ4n) is 3.53. The predicted molar refractivity (Wildman–Crippen MR) is 121 cm³/mol. The molecular formula is C25H30N2O4. The highest BCUT2D eigenvalue weighted by Gasteiger charge is 2.22. The van der Waals surface area contributed by atoms with Crippen LogP contribution in [0.1, 0.15) is 43.7 Å². The topological polar surface area (TPSA) is 90.7 Å². The van der Waals surface area contributed by atoms with Crippen LogP contribution in [0.15, 0.2) is 42.5 Å². The third-order valence-corrected chi connectivity index (χ3v) is 5.53. The van der Waals surface area contributed by atoms with Gasteiger partial charge < -0.3 is 14.7 Å². The number of aryl methyl sites for hydroxylation is 1. The normalized spacial score (nSPS) is 12.9. The molecule has 0 aromatic heterocycles. The fourth-order valence-corrected chi connectivity index (χ4v) is 3.53. The number of ether oxygens (including phenoxy) is 1. The molecule has 6 nitrogen and oxygen atoms in total. The number of benzene rings is 2. The van der Waals surface area contributed by atoms with E-state index in [0.717, 1.165) is 29.5 Å². The third-order valence-electron chi connectivity index (χ3n) is 5.53. The average molecular weight is 423 g/mol. The van der Waals surface area contributed by atoms with E-state index in [1.54, 1.807) is 0 Å². The fraction of sp³-hybridized carbons (Fsp3) is 0.400. The summed E-state index contributed by atoms with van der Waals surface area (Å²) < 4.78 is 5.88. The van der Waals surface area contributed by atoms with Gasteiger partial charge in [-0.15, -0.1) is 0 Å². The molecule has 2 aromatic rings. The standard InChI is InChI=1S/C25H30N2O4/c1-2-27(17-28)24(26)8-4-6-18-5-3-7-20(13-18)21-11-12-23(31-16-19-9-10-19)22(14-21)15-25(29)30/h3,5,7,11-14,17,19,26H,2,4,6,8-10,15-16H2,1H3,(H,29,30). The monoisotopic (exact) mass is 422 g/mol. The van der Waals surface area contributed by atoms with Crippen LogP contribution in [0.3, 0.4) is 0 Å². The van der Waals surface area contributed by atoms with E-state index in [9.17, 15) is 14.7 Å². The number of rotatable bonds is 12. The number of nitrogens with zero attached hydrogens (tertiary/aromatic N) is 1. The van der Waals surface area contributed by atoms with E-state index in [-0.39, 0.29) is 6.42 Å². The van der Waals surface area contributed by atoms with Gasteiger partial charge in [0.1, 0.15) is 11.6 Å². The zero-order valence-corrected chi connectivity index (χ0v) is 18.0. The third kappa shape index (κ3) is 6.67. The van der Waals surface area contributed by atoms with Gasteiger partial charge in [0.25, 0.3) is 0 Å². The average Bonchev–Trinajstić information content (AvgIpc) is 3.58. The summed E-state index contributed by atoms with van der Waals surface area (Å²) in [5, 5.41) is 17.3. The van der Waals surface area contributed by atoms with Gasteiger partial charge in [0.05, 0.1) is 13.0 Å². The maximum atomic E-state index is 11.3. The molecule has 1 saturated carbocycles. The number of nitrogens with one attached hydrogen (secondary N) is 1. The molecule has 1 amide bonds. The molecule has 2 aromatic carbocycles. The van der Waals surface area contributed by atoms with Crippen molar-refractivity contribution in [2.45, 2.75) is 45.4 Å². The van der Waals surface area contributed by atoms with Gasteiger partial charge in [-0.25, -0.2) is 0 Å². The van der Waals surface area contributed by atoms with Crippen molar-refractivity contribution in [1.29, 1.82) is 5.41 Å². The van der Waals surface area contributed by atoms with Crippen LogP contribution in [-0.4, -0.2) is 41.4 Å². The van der Waals surface area contributed by atoms with Crippen molar-refractivity contribution in [3.8, 4) is 16.9 Å². The smallest absolute Gasteiger partial charge is 0.307 e. The Bertz CT molecular complexity index is 937. The number of carbonyl (C=O) groups excluding carboxylic acids is 1. The zero-order chi connectivity index (χ0) is 22.2. The van der Waals surface area contributed by atoms with Crippen molar-refractivity contribution < 1.29 is 19.4 Å². The lowest BCUT2D eigenvalue weighted by Gasteiger charge is -2.15. The first-order chi connectivity index (χ1) is 15.0. The Morgan fingerprint density at radius 2 is 2.00 bits per heavy atom. The highest BCUT2D eigenvalue weighted by atomic mass is 16.5. The maximum absolute atomic E-state index is 11.3. The Morgan fingerprint density at radius 1 is 1.23 bits per heavy atom. The van der Waals surface area contributed by atoms with Gasteiger partial charge in [-0.05, 0) is 67.3 Å². The van der Waals surface area contributed by atoms with Crippen molar-refractivity contribution in [2.75, 3.05) is 13.2 Å². The lowest BCUT2D eigenvalue weighted by atomic mass is 9.97. The molecule has 0 bridgehead atoms. The van der Waals surface area contributed by atoms with Gasteiger partial charge in [-0.1, -0.05) is 30.3 Å².